The van der Waals surface area contributed by atoms with Gasteiger partial charge in [-0.25, -0.2) is 0 Å². The van der Waals surface area contributed by atoms with Gasteiger partial charge in [-0.15, -0.1) is 18.3 Å². The molecule has 0 aliphatic heterocycles. The summed E-state index contributed by atoms with van der Waals surface area (Å²) in [5.74, 6) is 0.940. The zero-order valence-corrected chi connectivity index (χ0v) is 9.75. The van der Waals surface area contributed by atoms with Gasteiger partial charge in [0, 0.05) is 23.3 Å². The molecule has 1 rings (SSSR count). The summed E-state index contributed by atoms with van der Waals surface area (Å²) in [7, 11) is 1.84. The van der Waals surface area contributed by atoms with Crippen LogP contribution in [0.15, 0.2) is 41.8 Å². The van der Waals surface area contributed by atoms with E-state index >= 15 is 0 Å². The summed E-state index contributed by atoms with van der Waals surface area (Å²) >= 11 is 6.89. The second-order valence-electron chi connectivity index (χ2n) is 2.70. The summed E-state index contributed by atoms with van der Waals surface area (Å²) in [4.78, 5) is 2.03. The van der Waals surface area contributed by atoms with Gasteiger partial charge >= 0.3 is 0 Å². The smallest absolute Gasteiger partial charge is 0.106 e. The first-order chi connectivity index (χ1) is 6.77. The Balaban J connectivity index is 2.68. The third kappa shape index (κ3) is 3.16. The van der Waals surface area contributed by atoms with Crippen molar-refractivity contribution in [1.29, 1.82) is 0 Å². The van der Waals surface area contributed by atoms with Gasteiger partial charge in [0.05, 0.1) is 0 Å². The summed E-state index contributed by atoms with van der Waals surface area (Å²) in [6.45, 7) is 3.68. The molecule has 0 aromatic heterocycles. The first kappa shape index (κ1) is 11.3. The van der Waals surface area contributed by atoms with Gasteiger partial charge in [-0.05, 0) is 12.1 Å². The quantitative estimate of drug-likeness (QED) is 0.479. The van der Waals surface area contributed by atoms with E-state index in [1.165, 1.54) is 4.90 Å². The second kappa shape index (κ2) is 5.83. The van der Waals surface area contributed by atoms with Crippen LogP contribution in [-0.2, 0) is 0 Å². The van der Waals surface area contributed by atoms with Crippen molar-refractivity contribution in [3.8, 4) is 0 Å². The van der Waals surface area contributed by atoms with Gasteiger partial charge in [-0.2, -0.15) is 0 Å². The molecule has 0 spiro atoms. The number of nitrogens with one attached hydrogen (secondary N) is 1. The molecule has 1 nitrogen and oxygen atoms in total. The Labute approximate surface area is 94.6 Å². The molecular formula is C11H13NS2. The number of rotatable bonds is 4. The summed E-state index contributed by atoms with van der Waals surface area (Å²) < 4.78 is 0. The first-order valence-corrected chi connectivity index (χ1v) is 5.73. The molecule has 0 heterocycles. The average Bonchev–Trinajstić information content (AvgIpc) is 2.26. The standard InChI is InChI=1S/C11H13NS2/c1-3-8-14-10-6-4-9(5-7-10)11(13)12-2/h3-7H,1,8H2,2H3,(H,12,13). The monoisotopic (exact) mass is 223 g/mol. The van der Waals surface area contributed by atoms with Crippen LogP contribution in [0, 0.1) is 0 Å². The van der Waals surface area contributed by atoms with Crippen molar-refractivity contribution in [2.45, 2.75) is 4.90 Å². The number of benzene rings is 1. The minimum atomic E-state index is 0.783. The van der Waals surface area contributed by atoms with Crippen molar-refractivity contribution in [3.63, 3.8) is 0 Å². The van der Waals surface area contributed by atoms with Crippen molar-refractivity contribution < 1.29 is 0 Å². The van der Waals surface area contributed by atoms with Gasteiger partial charge in [0.1, 0.15) is 4.99 Å². The Morgan fingerprint density at radius 3 is 2.64 bits per heavy atom. The van der Waals surface area contributed by atoms with Gasteiger partial charge in [0.25, 0.3) is 0 Å². The predicted molar refractivity (Wildman–Crippen MR) is 68.1 cm³/mol. The SMILES string of the molecule is C=CCSc1ccc(C(=S)NC)cc1. The molecule has 1 aromatic carbocycles. The maximum atomic E-state index is 5.12. The summed E-state index contributed by atoms with van der Waals surface area (Å²) in [5.41, 5.74) is 1.06. The van der Waals surface area contributed by atoms with E-state index < -0.39 is 0 Å². The zero-order valence-electron chi connectivity index (χ0n) is 8.12. The highest BCUT2D eigenvalue weighted by atomic mass is 32.2. The van der Waals surface area contributed by atoms with E-state index in [0.717, 1.165) is 16.3 Å². The topological polar surface area (TPSA) is 12.0 Å². The molecule has 0 fully saturated rings. The highest BCUT2D eigenvalue weighted by molar-refractivity contribution is 7.99. The van der Waals surface area contributed by atoms with Crippen LogP contribution in [0.3, 0.4) is 0 Å². The number of thioether (sulfide) groups is 1. The zero-order chi connectivity index (χ0) is 10.4. The van der Waals surface area contributed by atoms with E-state index in [9.17, 15) is 0 Å². The molecule has 0 saturated carbocycles. The van der Waals surface area contributed by atoms with Crippen molar-refractivity contribution in [2.24, 2.45) is 0 Å². The van der Waals surface area contributed by atoms with E-state index in [1.54, 1.807) is 11.8 Å². The van der Waals surface area contributed by atoms with Crippen LogP contribution in [0.4, 0.5) is 0 Å². The van der Waals surface area contributed by atoms with Gasteiger partial charge in [-0.1, -0.05) is 30.4 Å². The molecule has 0 aliphatic carbocycles. The van der Waals surface area contributed by atoms with Crippen molar-refractivity contribution in [2.75, 3.05) is 12.8 Å². The lowest BCUT2D eigenvalue weighted by Gasteiger charge is -2.03. The molecule has 1 N–H and O–H groups in total. The van der Waals surface area contributed by atoms with Crippen LogP contribution in [0.5, 0.6) is 0 Å². The Kier molecular flexibility index (Phi) is 4.70. The second-order valence-corrected chi connectivity index (χ2v) is 4.20. The van der Waals surface area contributed by atoms with E-state index in [0.29, 0.717) is 0 Å². The predicted octanol–water partition coefficient (Wildman–Crippen LogP) is 2.86. The molecule has 1 aromatic rings. The molecule has 0 aliphatic rings. The van der Waals surface area contributed by atoms with E-state index in [4.69, 9.17) is 12.2 Å². The fourth-order valence-corrected chi connectivity index (χ4v) is 1.78. The normalized spacial score (nSPS) is 9.50. The first-order valence-electron chi connectivity index (χ1n) is 4.33. The number of hydrogen-bond donors (Lipinski definition) is 1. The summed E-state index contributed by atoms with van der Waals surface area (Å²) in [6.07, 6.45) is 1.90. The maximum absolute atomic E-state index is 5.12. The van der Waals surface area contributed by atoms with Crippen molar-refractivity contribution >= 4 is 29.0 Å². The third-order valence-corrected chi connectivity index (χ3v) is 3.16. The van der Waals surface area contributed by atoms with Gasteiger partial charge in [0.2, 0.25) is 0 Å². The van der Waals surface area contributed by atoms with Gasteiger partial charge in [0.15, 0.2) is 0 Å². The van der Waals surface area contributed by atoms with Crippen LogP contribution in [0.1, 0.15) is 5.56 Å². The fraction of sp³-hybridized carbons (Fsp3) is 0.182. The van der Waals surface area contributed by atoms with Crippen LogP contribution in [0.25, 0.3) is 0 Å². The Morgan fingerprint density at radius 1 is 1.50 bits per heavy atom. The van der Waals surface area contributed by atoms with Crippen molar-refractivity contribution in [3.05, 3.63) is 42.5 Å². The minimum absolute atomic E-state index is 0.783. The lowest BCUT2D eigenvalue weighted by Crippen LogP contribution is -2.16. The molecular weight excluding hydrogens is 210 g/mol. The Morgan fingerprint density at radius 2 is 2.14 bits per heavy atom. The van der Waals surface area contributed by atoms with E-state index in [1.807, 2.05) is 25.3 Å². The third-order valence-electron chi connectivity index (χ3n) is 1.71. The largest absolute Gasteiger partial charge is 0.379 e. The van der Waals surface area contributed by atoms with Crippen LogP contribution < -0.4 is 5.32 Å². The molecule has 74 valence electrons. The average molecular weight is 223 g/mol. The molecule has 0 unspecified atom stereocenters. The van der Waals surface area contributed by atoms with Crippen LogP contribution in [0.2, 0.25) is 0 Å². The highest BCUT2D eigenvalue weighted by Crippen LogP contribution is 2.18. The Bertz CT molecular complexity index is 317. The van der Waals surface area contributed by atoms with Gasteiger partial charge in [-0.3, -0.25) is 0 Å². The van der Waals surface area contributed by atoms with E-state index in [2.05, 4.69) is 24.0 Å². The number of hydrogen-bond acceptors (Lipinski definition) is 2. The summed E-state index contributed by atoms with van der Waals surface area (Å²) in [5, 5.41) is 2.95. The molecule has 0 saturated heterocycles. The number of thiocarbonyl (C=S) groups is 1. The molecule has 3 heteroatoms. The van der Waals surface area contributed by atoms with E-state index in [-0.39, 0.29) is 0 Å². The molecule has 14 heavy (non-hydrogen) atoms. The van der Waals surface area contributed by atoms with Crippen LogP contribution >= 0.6 is 24.0 Å². The lowest BCUT2D eigenvalue weighted by atomic mass is 10.2. The highest BCUT2D eigenvalue weighted by Gasteiger charge is 1.98. The minimum Gasteiger partial charge on any atom is -0.379 e. The molecule has 0 radical (unpaired) electrons. The molecule has 0 amide bonds. The fourth-order valence-electron chi connectivity index (χ4n) is 1.00. The van der Waals surface area contributed by atoms with Crippen LogP contribution in [-0.4, -0.2) is 17.8 Å². The Hall–Kier alpha value is -0.800. The van der Waals surface area contributed by atoms with Crippen molar-refractivity contribution in [1.82, 2.24) is 5.32 Å². The lowest BCUT2D eigenvalue weighted by molar-refractivity contribution is 1.20. The molecule has 0 atom stereocenters. The van der Waals surface area contributed by atoms with Gasteiger partial charge < -0.3 is 5.32 Å². The maximum Gasteiger partial charge on any atom is 0.106 e. The molecule has 0 bridgehead atoms. The summed E-state index contributed by atoms with van der Waals surface area (Å²) in [6, 6.07) is 8.22.